The molecule has 0 aromatic heterocycles. The van der Waals surface area contributed by atoms with Crippen molar-refractivity contribution in [2.75, 3.05) is 26.6 Å². The molecule has 0 amide bonds. The molecule has 0 saturated carbocycles. The van der Waals surface area contributed by atoms with Crippen LogP contribution in [0.2, 0.25) is 6.04 Å². The van der Waals surface area contributed by atoms with Gasteiger partial charge in [0.15, 0.2) is 0 Å². The van der Waals surface area contributed by atoms with Gasteiger partial charge in [-0.15, -0.1) is 0 Å². The Morgan fingerprint density at radius 1 is 0.913 bits per heavy atom. The van der Waals surface area contributed by atoms with Crippen LogP contribution < -0.4 is 5.32 Å². The first-order valence-electron chi connectivity index (χ1n) is 8.66. The fraction of sp³-hybridized carbons (Fsp3) is 0.667. The summed E-state index contributed by atoms with van der Waals surface area (Å²) >= 11 is 0. The molecule has 1 N–H and O–H groups in total. The van der Waals surface area contributed by atoms with Gasteiger partial charge in [-0.3, -0.25) is 0 Å². The van der Waals surface area contributed by atoms with Crippen LogP contribution >= 0.6 is 0 Å². The molecule has 0 aliphatic carbocycles. The first-order chi connectivity index (χ1) is 11.2. The van der Waals surface area contributed by atoms with Crippen molar-refractivity contribution in [2.45, 2.75) is 57.5 Å². The molecule has 0 radical (unpaired) electrons. The number of hydrogen-bond donors (Lipinski definition) is 1. The Kier molecular flexibility index (Phi) is 10.2. The number of nitrogens with one attached hydrogen (secondary N) is 1. The lowest BCUT2D eigenvalue weighted by molar-refractivity contribution is 0.122. The summed E-state index contributed by atoms with van der Waals surface area (Å²) < 4.78 is 16.6. The van der Waals surface area contributed by atoms with Crippen molar-refractivity contribution in [1.82, 2.24) is 0 Å². The van der Waals surface area contributed by atoms with Gasteiger partial charge in [0.1, 0.15) is 0 Å². The van der Waals surface area contributed by atoms with Crippen LogP contribution in [0.25, 0.3) is 0 Å². The lowest BCUT2D eigenvalue weighted by atomic mass is 10.0. The summed E-state index contributed by atoms with van der Waals surface area (Å²) in [6.45, 7) is 2.25. The van der Waals surface area contributed by atoms with E-state index < -0.39 is 8.80 Å². The maximum Gasteiger partial charge on any atom is 0.500 e. The minimum absolute atomic E-state index is 0.418. The molecule has 5 heteroatoms. The first-order valence-corrected chi connectivity index (χ1v) is 10.6. The van der Waals surface area contributed by atoms with E-state index in [-0.39, 0.29) is 0 Å². The predicted molar refractivity (Wildman–Crippen MR) is 98.8 cm³/mol. The van der Waals surface area contributed by atoms with Gasteiger partial charge < -0.3 is 18.6 Å². The standard InChI is InChI=1S/C18H33NO3Si/c1-5-6-7-9-14-18(19-17-12-10-8-11-13-17)15-16-23(20-2,21-3)22-4/h8,10-13,18-19H,5-7,9,14-16H2,1-4H3. The van der Waals surface area contributed by atoms with E-state index in [1.165, 1.54) is 31.4 Å². The van der Waals surface area contributed by atoms with E-state index in [1.54, 1.807) is 21.3 Å². The summed E-state index contributed by atoms with van der Waals surface area (Å²) in [6, 6.07) is 11.7. The highest BCUT2D eigenvalue weighted by molar-refractivity contribution is 6.60. The van der Waals surface area contributed by atoms with Gasteiger partial charge in [-0.05, 0) is 25.0 Å². The normalized spacial score (nSPS) is 13.0. The Hall–Kier alpha value is -0.883. The zero-order valence-electron chi connectivity index (χ0n) is 15.1. The zero-order valence-corrected chi connectivity index (χ0v) is 16.1. The third kappa shape index (κ3) is 7.48. The molecule has 1 unspecified atom stereocenters. The lowest BCUT2D eigenvalue weighted by Gasteiger charge is -2.27. The van der Waals surface area contributed by atoms with E-state index in [0.29, 0.717) is 6.04 Å². The Morgan fingerprint density at radius 3 is 2.13 bits per heavy atom. The van der Waals surface area contributed by atoms with Crippen LogP contribution in [0.5, 0.6) is 0 Å². The molecule has 0 aliphatic rings. The van der Waals surface area contributed by atoms with Gasteiger partial charge in [-0.1, -0.05) is 50.8 Å². The zero-order chi connectivity index (χ0) is 17.0. The molecular formula is C18H33NO3Si. The average Bonchev–Trinajstić information content (AvgIpc) is 2.61. The molecule has 0 bridgehead atoms. The first kappa shape index (κ1) is 20.2. The minimum Gasteiger partial charge on any atom is -0.382 e. The molecule has 1 aromatic carbocycles. The summed E-state index contributed by atoms with van der Waals surface area (Å²) in [5.41, 5.74) is 1.17. The van der Waals surface area contributed by atoms with Crippen molar-refractivity contribution in [2.24, 2.45) is 0 Å². The fourth-order valence-corrected chi connectivity index (χ4v) is 4.60. The SMILES string of the molecule is CCCCCCC(CC[Si](OC)(OC)OC)Nc1ccccc1. The van der Waals surface area contributed by atoms with Crippen LogP contribution in [0.15, 0.2) is 30.3 Å². The molecular weight excluding hydrogens is 306 g/mol. The Bertz CT molecular complexity index is 390. The molecule has 0 aliphatic heterocycles. The quantitative estimate of drug-likeness (QED) is 0.417. The van der Waals surface area contributed by atoms with Crippen molar-refractivity contribution in [1.29, 1.82) is 0 Å². The van der Waals surface area contributed by atoms with Crippen LogP contribution in [0.4, 0.5) is 5.69 Å². The average molecular weight is 340 g/mol. The second kappa shape index (κ2) is 11.6. The van der Waals surface area contributed by atoms with Crippen LogP contribution in [0.1, 0.15) is 45.4 Å². The van der Waals surface area contributed by atoms with Gasteiger partial charge in [0.05, 0.1) is 0 Å². The number of para-hydroxylation sites is 1. The highest BCUT2D eigenvalue weighted by Crippen LogP contribution is 2.21. The van der Waals surface area contributed by atoms with E-state index in [0.717, 1.165) is 18.9 Å². The molecule has 0 fully saturated rings. The van der Waals surface area contributed by atoms with Crippen LogP contribution in [0, 0.1) is 0 Å². The van der Waals surface area contributed by atoms with Gasteiger partial charge in [0.25, 0.3) is 0 Å². The maximum absolute atomic E-state index is 5.55. The lowest BCUT2D eigenvalue weighted by Crippen LogP contribution is -2.43. The summed E-state index contributed by atoms with van der Waals surface area (Å²) in [6.07, 6.45) is 7.28. The molecule has 1 aromatic rings. The van der Waals surface area contributed by atoms with E-state index in [2.05, 4.69) is 36.5 Å². The van der Waals surface area contributed by atoms with Crippen LogP contribution in [-0.2, 0) is 13.3 Å². The van der Waals surface area contributed by atoms with Gasteiger partial charge in [-0.2, -0.15) is 0 Å². The van der Waals surface area contributed by atoms with Crippen molar-refractivity contribution in [3.63, 3.8) is 0 Å². The third-order valence-corrected chi connectivity index (χ3v) is 7.05. The number of anilines is 1. The van der Waals surface area contributed by atoms with Crippen molar-refractivity contribution < 1.29 is 13.3 Å². The summed E-state index contributed by atoms with van der Waals surface area (Å²) in [5, 5.41) is 3.66. The smallest absolute Gasteiger partial charge is 0.382 e. The highest BCUT2D eigenvalue weighted by Gasteiger charge is 2.37. The van der Waals surface area contributed by atoms with Gasteiger partial charge in [-0.25, -0.2) is 0 Å². The maximum atomic E-state index is 5.55. The third-order valence-electron chi connectivity index (χ3n) is 4.28. The van der Waals surface area contributed by atoms with E-state index in [9.17, 15) is 0 Å². The molecule has 23 heavy (non-hydrogen) atoms. The predicted octanol–water partition coefficient (Wildman–Crippen LogP) is 4.71. The Labute approximate surface area is 142 Å². The van der Waals surface area contributed by atoms with Crippen molar-refractivity contribution >= 4 is 14.5 Å². The monoisotopic (exact) mass is 339 g/mol. The molecule has 0 saturated heterocycles. The molecule has 132 valence electrons. The molecule has 0 spiro atoms. The molecule has 1 atom stereocenters. The van der Waals surface area contributed by atoms with Gasteiger partial charge in [0.2, 0.25) is 0 Å². The van der Waals surface area contributed by atoms with Crippen molar-refractivity contribution in [3.8, 4) is 0 Å². The van der Waals surface area contributed by atoms with E-state index in [1.807, 2.05) is 6.07 Å². The van der Waals surface area contributed by atoms with Gasteiger partial charge in [0, 0.05) is 39.1 Å². The van der Waals surface area contributed by atoms with E-state index >= 15 is 0 Å². The minimum atomic E-state index is -2.49. The summed E-state index contributed by atoms with van der Waals surface area (Å²) in [5.74, 6) is 0. The number of unbranched alkanes of at least 4 members (excludes halogenated alkanes) is 3. The Balaban J connectivity index is 2.59. The van der Waals surface area contributed by atoms with Gasteiger partial charge >= 0.3 is 8.80 Å². The van der Waals surface area contributed by atoms with Crippen molar-refractivity contribution in [3.05, 3.63) is 30.3 Å². The van der Waals surface area contributed by atoms with Crippen LogP contribution in [-0.4, -0.2) is 36.2 Å². The topological polar surface area (TPSA) is 39.7 Å². The second-order valence-corrected chi connectivity index (χ2v) is 8.98. The van der Waals surface area contributed by atoms with Crippen LogP contribution in [0.3, 0.4) is 0 Å². The number of rotatable bonds is 13. The van der Waals surface area contributed by atoms with E-state index in [4.69, 9.17) is 13.3 Å². The summed E-state index contributed by atoms with van der Waals surface area (Å²) in [4.78, 5) is 0. The fourth-order valence-electron chi connectivity index (χ4n) is 2.78. The molecule has 4 nitrogen and oxygen atoms in total. The highest BCUT2D eigenvalue weighted by atomic mass is 28.4. The summed E-state index contributed by atoms with van der Waals surface area (Å²) in [7, 11) is 2.55. The number of benzene rings is 1. The molecule has 1 rings (SSSR count). The second-order valence-electron chi connectivity index (χ2n) is 5.89. The number of hydrogen-bond acceptors (Lipinski definition) is 4. The largest absolute Gasteiger partial charge is 0.500 e. The molecule has 0 heterocycles. The Morgan fingerprint density at radius 2 is 1.57 bits per heavy atom.